The van der Waals surface area contributed by atoms with E-state index in [4.69, 9.17) is 35.5 Å². The zero-order valence-corrected chi connectivity index (χ0v) is 26.7. The van der Waals surface area contributed by atoms with Crippen LogP contribution in [0.2, 0.25) is 0 Å². The molecule has 1 aliphatic rings. The molecule has 1 aromatic rings. The van der Waals surface area contributed by atoms with Crippen molar-refractivity contribution >= 4 is 11.8 Å². The third-order valence-electron chi connectivity index (χ3n) is 5.26. The van der Waals surface area contributed by atoms with Gasteiger partial charge >= 0.3 is 0 Å². The first kappa shape index (κ1) is 38.4. The molecule has 1 aromatic carbocycles. The van der Waals surface area contributed by atoms with Gasteiger partial charge < -0.3 is 40.4 Å². The van der Waals surface area contributed by atoms with Crippen molar-refractivity contribution in [3.63, 3.8) is 0 Å². The van der Waals surface area contributed by atoms with Crippen LogP contribution in [0.3, 0.4) is 0 Å². The minimum absolute atomic E-state index is 0. The number of amides is 2. The van der Waals surface area contributed by atoms with Gasteiger partial charge in [-0.25, -0.2) is 0 Å². The number of primary amides is 1. The van der Waals surface area contributed by atoms with Crippen LogP contribution in [0, 0.1) is 11.8 Å². The van der Waals surface area contributed by atoms with Crippen molar-refractivity contribution in [2.45, 2.75) is 26.3 Å². The second-order valence-electron chi connectivity index (χ2n) is 8.28. The molecule has 0 saturated carbocycles. The molecule has 2 amide bonds. The van der Waals surface area contributed by atoms with Crippen molar-refractivity contribution < 1.29 is 54.7 Å². The second-order valence-corrected chi connectivity index (χ2v) is 8.28. The number of nitrogens with zero attached hydrogens (tertiary/aromatic N) is 1. The molecule has 2 rings (SSSR count). The van der Waals surface area contributed by atoms with Gasteiger partial charge in [-0.05, 0) is 24.6 Å². The maximum Gasteiger partial charge on any atom is 0.229 e. The van der Waals surface area contributed by atoms with E-state index in [0.717, 1.165) is 16.8 Å². The number of hydrogen-bond donors (Lipinski definition) is 2. The van der Waals surface area contributed by atoms with Crippen LogP contribution in [-0.2, 0) is 56.1 Å². The fourth-order valence-corrected chi connectivity index (χ4v) is 3.33. The average Bonchev–Trinajstić information content (AvgIpc) is 2.94. The first-order chi connectivity index (χ1) is 19.5. The summed E-state index contributed by atoms with van der Waals surface area (Å²) in [5, 5.41) is 9.10. The summed E-state index contributed by atoms with van der Waals surface area (Å²) in [6.07, 6.45) is 5.71. The quantitative estimate of drug-likeness (QED) is 0.174. The van der Waals surface area contributed by atoms with Crippen LogP contribution in [0.1, 0.15) is 30.9 Å². The number of aliphatic hydroxyl groups excluding tert-OH is 1. The molecule has 0 fully saturated rings. The summed E-state index contributed by atoms with van der Waals surface area (Å²) in [6.45, 7) is 9.95. The summed E-state index contributed by atoms with van der Waals surface area (Å²) in [4.78, 5) is 24.5. The first-order valence-corrected chi connectivity index (χ1v) is 13.2. The maximum absolute atomic E-state index is 12.4. The third-order valence-corrected chi connectivity index (χ3v) is 5.26. The Morgan fingerprint density at radius 3 is 2.12 bits per heavy atom. The van der Waals surface area contributed by atoms with E-state index in [1.54, 1.807) is 11.0 Å². The molecule has 0 spiro atoms. The van der Waals surface area contributed by atoms with Crippen LogP contribution in [0.5, 0.6) is 0 Å². The van der Waals surface area contributed by atoms with Gasteiger partial charge in [0.2, 0.25) is 11.8 Å². The van der Waals surface area contributed by atoms with Crippen LogP contribution in [0.25, 0.3) is 5.73 Å². The predicted octanol–water partition coefficient (Wildman–Crippen LogP) is 2.76. The number of nitrogens with one attached hydrogen (secondary N) is 1. The number of ether oxygens (including phenoxy) is 4. The minimum atomic E-state index is -0.364. The molecule has 1 aliphatic heterocycles. The maximum atomic E-state index is 12.4. The molecular formula is C30H42N3O7W-. The number of fused-ring (bicyclic) bond motifs is 1. The Hall–Kier alpha value is -2.61. The summed E-state index contributed by atoms with van der Waals surface area (Å²) in [5.74, 6) is 5.74. The van der Waals surface area contributed by atoms with E-state index in [-0.39, 0.29) is 58.9 Å². The van der Waals surface area contributed by atoms with Gasteiger partial charge in [0.1, 0.15) is 0 Å². The Morgan fingerprint density at radius 2 is 1.59 bits per heavy atom. The molecule has 226 valence electrons. The van der Waals surface area contributed by atoms with Gasteiger partial charge in [0.25, 0.3) is 0 Å². The number of hydrogen-bond acceptors (Lipinski definition) is 7. The second kappa shape index (κ2) is 25.1. The number of aliphatic hydroxyl groups is 1. The van der Waals surface area contributed by atoms with Crippen LogP contribution < -0.4 is 5.73 Å². The van der Waals surface area contributed by atoms with Gasteiger partial charge in [-0.1, -0.05) is 48.8 Å². The molecule has 1 heterocycles. The van der Waals surface area contributed by atoms with Crippen molar-refractivity contribution in [3.05, 3.63) is 77.2 Å². The molecule has 0 atom stereocenters. The number of nitrogens with two attached hydrogens (primary N) is 1. The number of carbonyl (C=O) groups is 2. The molecule has 0 bridgehead atoms. The van der Waals surface area contributed by atoms with Crippen LogP contribution in [-0.4, -0.2) is 87.8 Å². The number of benzene rings is 1. The largest absolute Gasteiger partial charge is 0.676 e. The number of allylic oxidation sites excluding steroid dienone is 4. The van der Waals surface area contributed by atoms with Gasteiger partial charge in [-0.3, -0.25) is 9.59 Å². The predicted molar refractivity (Wildman–Crippen MR) is 154 cm³/mol. The van der Waals surface area contributed by atoms with Crippen molar-refractivity contribution in [3.8, 4) is 11.8 Å². The SMILES string of the molecule is C=C/C1=C(\C=C/C)N(C(=O)CCO)Cc2ccccc2C#C1.[NH-]CCOCCOCCOCCOCCC(N)=O.[W]. The average molecular weight is 741 g/mol. The van der Waals surface area contributed by atoms with Gasteiger partial charge in [-0.15, -0.1) is 6.54 Å². The van der Waals surface area contributed by atoms with Gasteiger partial charge in [0.15, 0.2) is 0 Å². The van der Waals surface area contributed by atoms with E-state index < -0.39 is 0 Å². The summed E-state index contributed by atoms with van der Waals surface area (Å²) in [7, 11) is 0. The molecular weight excluding hydrogens is 698 g/mol. The van der Waals surface area contributed by atoms with Crippen LogP contribution in [0.4, 0.5) is 0 Å². The van der Waals surface area contributed by atoms with E-state index in [9.17, 15) is 9.59 Å². The van der Waals surface area contributed by atoms with E-state index in [1.165, 1.54) is 0 Å². The summed E-state index contributed by atoms with van der Waals surface area (Å²) >= 11 is 0. The molecule has 4 N–H and O–H groups in total. The van der Waals surface area contributed by atoms with Gasteiger partial charge in [0.05, 0.1) is 71.5 Å². The Morgan fingerprint density at radius 1 is 1.00 bits per heavy atom. The molecule has 11 heteroatoms. The Bertz CT molecular complexity index is 1030. The summed E-state index contributed by atoms with van der Waals surface area (Å²) in [6, 6.07) is 7.78. The van der Waals surface area contributed by atoms with Crippen molar-refractivity contribution in [2.75, 3.05) is 66.0 Å². The standard InChI is InChI=1S/C19H19NO2.C11H23N2O5.W/c1-3-7-18-15(4-2)10-11-16-8-5-6-9-17(16)14-20(18)19(22)12-13-21;12-2-4-16-6-8-18-10-9-17-7-5-15-3-1-11(13)14;/h3-9,21H,2,12-14H2,1H3;12H,1-10H2,(H2,13,14);/q;-1;/b7-3-,18-15-;;. The van der Waals surface area contributed by atoms with E-state index in [2.05, 4.69) is 18.4 Å². The molecule has 0 saturated heterocycles. The number of carbonyl (C=O) groups excluding carboxylic acids is 2. The topological polar surface area (TPSA) is 144 Å². The Balaban J connectivity index is 0.000000780. The fourth-order valence-electron chi connectivity index (χ4n) is 3.33. The van der Waals surface area contributed by atoms with Crippen molar-refractivity contribution in [1.29, 1.82) is 0 Å². The summed E-state index contributed by atoms with van der Waals surface area (Å²) in [5.41, 5.74) is 15.1. The zero-order valence-electron chi connectivity index (χ0n) is 23.8. The Labute approximate surface area is 258 Å². The molecule has 0 unspecified atom stereocenters. The molecule has 0 aromatic heterocycles. The summed E-state index contributed by atoms with van der Waals surface area (Å²) < 4.78 is 20.6. The van der Waals surface area contributed by atoms with Crippen molar-refractivity contribution in [2.24, 2.45) is 5.73 Å². The fraction of sp³-hybridized carbons (Fsp3) is 0.467. The third kappa shape index (κ3) is 17.1. The first-order valence-electron chi connectivity index (χ1n) is 13.2. The van der Waals surface area contributed by atoms with E-state index in [1.807, 2.05) is 43.3 Å². The molecule has 41 heavy (non-hydrogen) atoms. The van der Waals surface area contributed by atoms with Gasteiger partial charge in [0, 0.05) is 45.2 Å². The van der Waals surface area contributed by atoms with Gasteiger partial charge in [-0.2, -0.15) is 0 Å². The van der Waals surface area contributed by atoms with E-state index >= 15 is 0 Å². The monoisotopic (exact) mass is 740 g/mol. The molecule has 10 nitrogen and oxygen atoms in total. The smallest absolute Gasteiger partial charge is 0.229 e. The van der Waals surface area contributed by atoms with Crippen molar-refractivity contribution in [1.82, 2.24) is 4.90 Å². The molecule has 0 aliphatic carbocycles. The Kier molecular flexibility index (Phi) is 23.5. The van der Waals surface area contributed by atoms with Crippen LogP contribution >= 0.6 is 0 Å². The number of rotatable bonds is 18. The minimum Gasteiger partial charge on any atom is -0.676 e. The molecule has 0 radical (unpaired) electrons. The van der Waals surface area contributed by atoms with Crippen LogP contribution in [0.15, 0.2) is 60.3 Å². The normalized spacial score (nSPS) is 14.0. The zero-order chi connectivity index (χ0) is 29.4. The van der Waals surface area contributed by atoms with E-state index in [0.29, 0.717) is 65.0 Å².